The minimum Gasteiger partial charge on any atom is -0.508 e. The number of nitrogens with zero attached hydrogens (tertiary/aromatic N) is 2. The van der Waals surface area contributed by atoms with E-state index in [1.54, 1.807) is 35.2 Å². The molecule has 0 aliphatic heterocycles. The van der Waals surface area contributed by atoms with Gasteiger partial charge in [0.15, 0.2) is 4.34 Å². The monoisotopic (exact) mass is 278 g/mol. The summed E-state index contributed by atoms with van der Waals surface area (Å²) in [5, 5.41) is 17.8. The summed E-state index contributed by atoms with van der Waals surface area (Å²) in [5.41, 5.74) is 0.949. The molecule has 3 nitrogen and oxygen atoms in total. The third-order valence-electron chi connectivity index (χ3n) is 2.51. The Balaban J connectivity index is 1.83. The second-order valence-electron chi connectivity index (χ2n) is 3.95. The van der Waals surface area contributed by atoms with Crippen molar-refractivity contribution in [3.8, 4) is 11.8 Å². The van der Waals surface area contributed by atoms with Crippen molar-refractivity contribution in [1.29, 1.82) is 5.26 Å². The third-order valence-corrected chi connectivity index (χ3v) is 4.76. The number of phenolic OH excluding ortho intramolecular Hbond substituents is 1. The Morgan fingerprint density at radius 1 is 1.33 bits per heavy atom. The van der Waals surface area contributed by atoms with Crippen LogP contribution in [0.4, 0.5) is 0 Å². The van der Waals surface area contributed by atoms with E-state index in [0.717, 1.165) is 39.6 Å². The van der Waals surface area contributed by atoms with Gasteiger partial charge in [-0.05, 0) is 31.0 Å². The van der Waals surface area contributed by atoms with E-state index in [4.69, 9.17) is 5.26 Å². The number of fused-ring (bicyclic) bond motifs is 1. The first-order valence-corrected chi connectivity index (χ1v) is 7.69. The van der Waals surface area contributed by atoms with E-state index in [0.29, 0.717) is 12.2 Å². The molecule has 1 N–H and O–H groups in total. The van der Waals surface area contributed by atoms with E-state index < -0.39 is 0 Å². The molecule has 0 radical (unpaired) electrons. The van der Waals surface area contributed by atoms with Crippen molar-refractivity contribution in [2.45, 2.75) is 30.0 Å². The zero-order chi connectivity index (χ0) is 12.8. The first-order valence-electron chi connectivity index (χ1n) is 5.89. The molecular formula is C13H14N2OS2. The van der Waals surface area contributed by atoms with Crippen LogP contribution in [0.5, 0.6) is 5.75 Å². The highest BCUT2D eigenvalue weighted by atomic mass is 32.2. The smallest absolute Gasteiger partial charge is 0.151 e. The Bertz CT molecular complexity index is 560. The number of aromatic nitrogens is 1. The maximum atomic E-state index is 9.38. The van der Waals surface area contributed by atoms with Crippen LogP contribution >= 0.6 is 23.1 Å². The van der Waals surface area contributed by atoms with Gasteiger partial charge in [-0.2, -0.15) is 5.26 Å². The third kappa shape index (κ3) is 3.62. The molecule has 1 aromatic heterocycles. The van der Waals surface area contributed by atoms with E-state index >= 15 is 0 Å². The van der Waals surface area contributed by atoms with Gasteiger partial charge in [0, 0.05) is 12.2 Å². The van der Waals surface area contributed by atoms with Crippen LogP contribution in [-0.4, -0.2) is 15.8 Å². The Morgan fingerprint density at radius 2 is 2.22 bits per heavy atom. The van der Waals surface area contributed by atoms with Crippen LogP contribution in [0.15, 0.2) is 22.5 Å². The summed E-state index contributed by atoms with van der Waals surface area (Å²) >= 11 is 3.37. The van der Waals surface area contributed by atoms with Crippen LogP contribution < -0.4 is 0 Å². The molecule has 2 aromatic rings. The highest BCUT2D eigenvalue weighted by molar-refractivity contribution is 8.01. The second-order valence-corrected chi connectivity index (χ2v) is 6.32. The SMILES string of the molecule is N#CCCCCCSc1nc2ccc(O)cc2s1. The molecule has 2 rings (SSSR count). The van der Waals surface area contributed by atoms with Gasteiger partial charge in [-0.3, -0.25) is 0 Å². The van der Waals surface area contributed by atoms with Crippen molar-refractivity contribution in [2.75, 3.05) is 5.75 Å². The van der Waals surface area contributed by atoms with Gasteiger partial charge >= 0.3 is 0 Å². The zero-order valence-electron chi connectivity index (χ0n) is 9.93. The number of aromatic hydroxyl groups is 1. The fourth-order valence-corrected chi connectivity index (χ4v) is 3.77. The van der Waals surface area contributed by atoms with Crippen molar-refractivity contribution in [3.05, 3.63) is 18.2 Å². The van der Waals surface area contributed by atoms with Gasteiger partial charge in [-0.25, -0.2) is 4.98 Å². The van der Waals surface area contributed by atoms with Gasteiger partial charge in [0.2, 0.25) is 0 Å². The van der Waals surface area contributed by atoms with Crippen LogP contribution in [0.3, 0.4) is 0 Å². The van der Waals surface area contributed by atoms with Gasteiger partial charge in [0.25, 0.3) is 0 Å². The topological polar surface area (TPSA) is 56.9 Å². The molecular weight excluding hydrogens is 264 g/mol. The number of phenols is 1. The van der Waals surface area contributed by atoms with E-state index in [1.165, 1.54) is 0 Å². The maximum Gasteiger partial charge on any atom is 0.151 e. The quantitative estimate of drug-likeness (QED) is 0.636. The normalized spacial score (nSPS) is 10.6. The molecule has 0 amide bonds. The summed E-state index contributed by atoms with van der Waals surface area (Å²) in [6.45, 7) is 0. The molecule has 1 aromatic carbocycles. The van der Waals surface area contributed by atoms with Crippen molar-refractivity contribution < 1.29 is 5.11 Å². The lowest BCUT2D eigenvalue weighted by Crippen LogP contribution is -1.80. The molecule has 0 spiro atoms. The largest absolute Gasteiger partial charge is 0.508 e. The summed E-state index contributed by atoms with van der Waals surface area (Å²) < 4.78 is 2.08. The summed E-state index contributed by atoms with van der Waals surface area (Å²) in [6, 6.07) is 7.42. The maximum absolute atomic E-state index is 9.38. The number of benzene rings is 1. The van der Waals surface area contributed by atoms with Crippen molar-refractivity contribution in [2.24, 2.45) is 0 Å². The van der Waals surface area contributed by atoms with Gasteiger partial charge in [-0.1, -0.05) is 18.2 Å². The molecule has 18 heavy (non-hydrogen) atoms. The molecule has 0 aliphatic carbocycles. The summed E-state index contributed by atoms with van der Waals surface area (Å²) in [5.74, 6) is 1.33. The van der Waals surface area contributed by atoms with Crippen molar-refractivity contribution >= 4 is 33.3 Å². The van der Waals surface area contributed by atoms with Gasteiger partial charge in [0.05, 0.1) is 16.3 Å². The Hall–Kier alpha value is -1.25. The average molecular weight is 278 g/mol. The fraction of sp³-hybridized carbons (Fsp3) is 0.385. The van der Waals surface area contributed by atoms with Crippen LogP contribution in [0.1, 0.15) is 25.7 Å². The lowest BCUT2D eigenvalue weighted by Gasteiger charge is -1.96. The van der Waals surface area contributed by atoms with E-state index in [9.17, 15) is 5.11 Å². The number of hydrogen-bond donors (Lipinski definition) is 1. The van der Waals surface area contributed by atoms with Crippen LogP contribution in [0.25, 0.3) is 10.2 Å². The Kier molecular flexibility index (Phi) is 4.85. The molecule has 1 heterocycles. The molecule has 94 valence electrons. The summed E-state index contributed by atoms with van der Waals surface area (Å²) in [4.78, 5) is 4.51. The number of nitriles is 1. The first kappa shape index (κ1) is 13.2. The number of thiazole rings is 1. The molecule has 5 heteroatoms. The zero-order valence-corrected chi connectivity index (χ0v) is 11.6. The predicted molar refractivity (Wildman–Crippen MR) is 76.1 cm³/mol. The highest BCUT2D eigenvalue weighted by Crippen LogP contribution is 2.31. The lowest BCUT2D eigenvalue weighted by atomic mass is 10.2. The van der Waals surface area contributed by atoms with E-state index in [1.807, 2.05) is 6.07 Å². The van der Waals surface area contributed by atoms with Gasteiger partial charge in [0.1, 0.15) is 5.75 Å². The number of unbranched alkanes of at least 4 members (excludes halogenated alkanes) is 3. The lowest BCUT2D eigenvalue weighted by molar-refractivity contribution is 0.476. The molecule has 0 fully saturated rings. The molecule has 0 unspecified atom stereocenters. The van der Waals surface area contributed by atoms with Crippen LogP contribution in [0, 0.1) is 11.3 Å². The van der Waals surface area contributed by atoms with Gasteiger partial charge < -0.3 is 5.11 Å². The summed E-state index contributed by atoms with van der Waals surface area (Å²) in [7, 11) is 0. The number of hydrogen-bond acceptors (Lipinski definition) is 5. The average Bonchev–Trinajstić information content (AvgIpc) is 2.75. The van der Waals surface area contributed by atoms with Crippen LogP contribution in [-0.2, 0) is 0 Å². The Labute approximate surface area is 114 Å². The molecule has 0 saturated carbocycles. The van der Waals surface area contributed by atoms with Gasteiger partial charge in [-0.15, -0.1) is 11.3 Å². The molecule has 0 saturated heterocycles. The fourth-order valence-electron chi connectivity index (χ4n) is 1.60. The summed E-state index contributed by atoms with van der Waals surface area (Å²) in [6.07, 6.45) is 3.87. The standard InChI is InChI=1S/C13H14N2OS2/c14-7-3-1-2-4-8-17-13-15-11-6-5-10(16)9-12(11)18-13/h5-6,9,16H,1-4,8H2. The minimum absolute atomic E-state index is 0.291. The van der Waals surface area contributed by atoms with Crippen LogP contribution in [0.2, 0.25) is 0 Å². The molecule has 0 atom stereocenters. The van der Waals surface area contributed by atoms with E-state index in [2.05, 4.69) is 11.1 Å². The minimum atomic E-state index is 0.291. The van der Waals surface area contributed by atoms with Crippen molar-refractivity contribution in [3.63, 3.8) is 0 Å². The second kappa shape index (κ2) is 6.62. The van der Waals surface area contributed by atoms with Crippen molar-refractivity contribution in [1.82, 2.24) is 4.98 Å². The number of rotatable bonds is 6. The predicted octanol–water partition coefficient (Wildman–Crippen LogP) is 4.18. The highest BCUT2D eigenvalue weighted by Gasteiger charge is 2.04. The van der Waals surface area contributed by atoms with E-state index in [-0.39, 0.29) is 0 Å². The first-order chi connectivity index (χ1) is 8.79. The molecule has 0 bridgehead atoms. The Morgan fingerprint density at radius 3 is 3.06 bits per heavy atom. The molecule has 0 aliphatic rings. The number of thioether (sulfide) groups is 1.